The summed E-state index contributed by atoms with van der Waals surface area (Å²) in [6.07, 6.45) is 8.37. The molecule has 0 amide bonds. The van der Waals surface area contributed by atoms with Crippen molar-refractivity contribution in [3.8, 4) is 11.1 Å². The zero-order valence-corrected chi connectivity index (χ0v) is 16.9. The van der Waals surface area contributed by atoms with Crippen LogP contribution in [0.3, 0.4) is 0 Å². The van der Waals surface area contributed by atoms with Crippen molar-refractivity contribution < 1.29 is 0 Å². The lowest BCUT2D eigenvalue weighted by Crippen LogP contribution is -2.28. The van der Waals surface area contributed by atoms with Gasteiger partial charge in [-0.3, -0.25) is 0 Å². The second kappa shape index (κ2) is 8.24. The van der Waals surface area contributed by atoms with Gasteiger partial charge in [0.2, 0.25) is 0 Å². The lowest BCUT2D eigenvalue weighted by molar-refractivity contribution is 0.380. The predicted molar refractivity (Wildman–Crippen MR) is 121 cm³/mol. The SMILES string of the molecule is c1ccc(C(Cc2cccc3c2Cc2ccccc2-3)=NNC2CCCCC2)cc1. The fraction of sp³-hybridized carbons (Fsp3) is 0.296. The molecule has 0 atom stereocenters. The van der Waals surface area contributed by atoms with Crippen LogP contribution in [-0.4, -0.2) is 11.8 Å². The molecule has 0 radical (unpaired) electrons. The van der Waals surface area contributed by atoms with E-state index in [0.717, 1.165) is 18.6 Å². The second-order valence-corrected chi connectivity index (χ2v) is 8.34. The van der Waals surface area contributed by atoms with E-state index in [2.05, 4.69) is 78.2 Å². The van der Waals surface area contributed by atoms with E-state index in [0.29, 0.717) is 6.04 Å². The van der Waals surface area contributed by atoms with Gasteiger partial charge in [-0.1, -0.05) is 92.1 Å². The summed E-state index contributed by atoms with van der Waals surface area (Å²) < 4.78 is 0. The highest BCUT2D eigenvalue weighted by atomic mass is 15.3. The number of fused-ring (bicyclic) bond motifs is 3. The highest BCUT2D eigenvalue weighted by molar-refractivity contribution is 6.02. The molecule has 1 N–H and O–H groups in total. The van der Waals surface area contributed by atoms with Crippen molar-refractivity contribution in [1.82, 2.24) is 5.43 Å². The Morgan fingerprint density at radius 3 is 2.41 bits per heavy atom. The Labute approximate surface area is 173 Å². The van der Waals surface area contributed by atoms with Crippen LogP contribution in [0.5, 0.6) is 0 Å². The van der Waals surface area contributed by atoms with Gasteiger partial charge in [0.25, 0.3) is 0 Å². The molecule has 2 nitrogen and oxygen atoms in total. The van der Waals surface area contributed by atoms with Gasteiger partial charge in [-0.2, -0.15) is 5.10 Å². The van der Waals surface area contributed by atoms with Crippen molar-refractivity contribution in [3.63, 3.8) is 0 Å². The molecule has 3 aromatic carbocycles. The summed E-state index contributed by atoms with van der Waals surface area (Å²) in [4.78, 5) is 0. The molecule has 1 fully saturated rings. The minimum absolute atomic E-state index is 0.521. The van der Waals surface area contributed by atoms with E-state index in [1.54, 1.807) is 0 Å². The van der Waals surface area contributed by atoms with Crippen molar-refractivity contribution in [3.05, 3.63) is 95.1 Å². The molecule has 3 aromatic rings. The van der Waals surface area contributed by atoms with E-state index < -0.39 is 0 Å². The highest BCUT2D eigenvalue weighted by Crippen LogP contribution is 2.38. The molecule has 0 saturated heterocycles. The lowest BCUT2D eigenvalue weighted by Gasteiger charge is -2.22. The molecule has 0 spiro atoms. The van der Waals surface area contributed by atoms with E-state index in [-0.39, 0.29) is 0 Å². The van der Waals surface area contributed by atoms with Crippen LogP contribution >= 0.6 is 0 Å². The number of hydrazone groups is 1. The van der Waals surface area contributed by atoms with Crippen molar-refractivity contribution in [1.29, 1.82) is 0 Å². The van der Waals surface area contributed by atoms with Crippen LogP contribution in [0.15, 0.2) is 77.9 Å². The summed E-state index contributed by atoms with van der Waals surface area (Å²) >= 11 is 0. The zero-order chi connectivity index (χ0) is 19.5. The van der Waals surface area contributed by atoms with E-state index in [4.69, 9.17) is 5.10 Å². The predicted octanol–water partition coefficient (Wildman–Crippen LogP) is 6.13. The van der Waals surface area contributed by atoms with Crippen LogP contribution in [0.4, 0.5) is 0 Å². The van der Waals surface area contributed by atoms with Crippen LogP contribution in [0, 0.1) is 0 Å². The van der Waals surface area contributed by atoms with Gasteiger partial charge in [-0.25, -0.2) is 0 Å². The Bertz CT molecular complexity index is 1010. The van der Waals surface area contributed by atoms with Gasteiger partial charge in [0.15, 0.2) is 0 Å². The summed E-state index contributed by atoms with van der Waals surface area (Å²) in [5.74, 6) is 0. The third-order valence-corrected chi connectivity index (χ3v) is 6.40. The number of rotatable bonds is 5. The maximum atomic E-state index is 4.95. The van der Waals surface area contributed by atoms with E-state index in [1.807, 2.05) is 0 Å². The van der Waals surface area contributed by atoms with Gasteiger partial charge in [0.1, 0.15) is 0 Å². The van der Waals surface area contributed by atoms with E-state index in [1.165, 1.54) is 65.5 Å². The van der Waals surface area contributed by atoms with Crippen molar-refractivity contribution in [2.45, 2.75) is 51.0 Å². The molecular formula is C27H28N2. The summed E-state index contributed by atoms with van der Waals surface area (Å²) in [7, 11) is 0. The van der Waals surface area contributed by atoms with Gasteiger partial charge in [-0.05, 0) is 52.6 Å². The Morgan fingerprint density at radius 1 is 0.793 bits per heavy atom. The van der Waals surface area contributed by atoms with Gasteiger partial charge in [0.05, 0.1) is 5.71 Å². The van der Waals surface area contributed by atoms with Crippen molar-refractivity contribution in [2.75, 3.05) is 0 Å². The van der Waals surface area contributed by atoms with Crippen molar-refractivity contribution >= 4 is 5.71 Å². The monoisotopic (exact) mass is 380 g/mol. The smallest absolute Gasteiger partial charge is 0.0719 e. The molecule has 0 heterocycles. The van der Waals surface area contributed by atoms with E-state index in [9.17, 15) is 0 Å². The first kappa shape index (κ1) is 18.2. The molecule has 0 aliphatic heterocycles. The maximum absolute atomic E-state index is 4.95. The van der Waals surface area contributed by atoms with Crippen LogP contribution in [-0.2, 0) is 12.8 Å². The third-order valence-electron chi connectivity index (χ3n) is 6.40. The summed E-state index contributed by atoms with van der Waals surface area (Å²) in [5, 5.41) is 4.95. The molecule has 29 heavy (non-hydrogen) atoms. The van der Waals surface area contributed by atoms with Gasteiger partial charge >= 0.3 is 0 Å². The summed E-state index contributed by atoms with van der Waals surface area (Å²) in [6, 6.07) is 26.7. The average Bonchev–Trinajstić information content (AvgIpc) is 3.17. The molecule has 0 aromatic heterocycles. The second-order valence-electron chi connectivity index (χ2n) is 8.34. The van der Waals surface area contributed by atoms with Gasteiger partial charge in [0, 0.05) is 12.5 Å². The number of nitrogens with zero attached hydrogens (tertiary/aromatic N) is 1. The summed E-state index contributed by atoms with van der Waals surface area (Å²) in [6.45, 7) is 0. The first-order valence-electron chi connectivity index (χ1n) is 10.9. The number of hydrogen-bond donors (Lipinski definition) is 1. The molecule has 0 unspecified atom stereocenters. The minimum Gasteiger partial charge on any atom is -0.307 e. The lowest BCUT2D eigenvalue weighted by atomic mass is 9.95. The first-order valence-corrected chi connectivity index (χ1v) is 10.9. The van der Waals surface area contributed by atoms with Crippen LogP contribution < -0.4 is 5.43 Å². The molecule has 2 aliphatic rings. The Morgan fingerprint density at radius 2 is 1.55 bits per heavy atom. The maximum Gasteiger partial charge on any atom is 0.0719 e. The van der Waals surface area contributed by atoms with E-state index >= 15 is 0 Å². The van der Waals surface area contributed by atoms with Crippen LogP contribution in [0.2, 0.25) is 0 Å². The van der Waals surface area contributed by atoms with Crippen LogP contribution in [0.25, 0.3) is 11.1 Å². The molecule has 1 saturated carbocycles. The number of hydrogen-bond acceptors (Lipinski definition) is 2. The Kier molecular flexibility index (Phi) is 5.17. The quantitative estimate of drug-likeness (QED) is 0.327. The normalized spacial score (nSPS) is 16.3. The molecule has 5 rings (SSSR count). The molecule has 146 valence electrons. The fourth-order valence-corrected chi connectivity index (χ4v) is 4.81. The third kappa shape index (κ3) is 3.85. The minimum atomic E-state index is 0.521. The average molecular weight is 381 g/mol. The first-order chi connectivity index (χ1) is 14.4. The topological polar surface area (TPSA) is 24.4 Å². The van der Waals surface area contributed by atoms with Crippen LogP contribution in [0.1, 0.15) is 54.4 Å². The molecule has 0 bridgehead atoms. The largest absolute Gasteiger partial charge is 0.307 e. The molecule has 2 heteroatoms. The zero-order valence-electron chi connectivity index (χ0n) is 16.9. The fourth-order valence-electron chi connectivity index (χ4n) is 4.81. The molecular weight excluding hydrogens is 352 g/mol. The standard InChI is InChI=1S/C27H28N2/c1-3-10-20(11-4-1)27(29-28-23-14-5-2-6-15-23)19-22-13-9-17-25-24-16-8-7-12-21(24)18-26(22)25/h1,3-4,7-13,16-17,23,28H,2,5-6,14-15,18-19H2. The Balaban J connectivity index is 1.46. The van der Waals surface area contributed by atoms with Crippen molar-refractivity contribution in [2.24, 2.45) is 5.10 Å². The number of nitrogens with one attached hydrogen (secondary N) is 1. The number of benzene rings is 3. The highest BCUT2D eigenvalue weighted by Gasteiger charge is 2.21. The summed E-state index contributed by atoms with van der Waals surface area (Å²) in [5.41, 5.74) is 13.0. The van der Waals surface area contributed by atoms with Gasteiger partial charge < -0.3 is 5.43 Å². The molecule has 2 aliphatic carbocycles. The van der Waals surface area contributed by atoms with Gasteiger partial charge in [-0.15, -0.1) is 0 Å². The Hall–Kier alpha value is -2.87.